The Hall–Kier alpha value is -4.03. The summed E-state index contributed by atoms with van der Waals surface area (Å²) in [4.78, 5) is 44.4. The van der Waals surface area contributed by atoms with Gasteiger partial charge in [0.2, 0.25) is 18.6 Å². The third-order valence-corrected chi connectivity index (χ3v) is 7.63. The van der Waals surface area contributed by atoms with Crippen molar-refractivity contribution in [2.45, 2.75) is 45.3 Å². The van der Waals surface area contributed by atoms with E-state index in [0.717, 1.165) is 13.0 Å². The Kier molecular flexibility index (Phi) is 10.7. The van der Waals surface area contributed by atoms with Crippen molar-refractivity contribution in [3.05, 3.63) is 42.0 Å². The molecule has 4 amide bonds. The van der Waals surface area contributed by atoms with Gasteiger partial charge in [0.1, 0.15) is 11.9 Å². The first-order valence-electron chi connectivity index (χ1n) is 14.6. The molecular formula is C31H43N5O7. The molecule has 2 aromatic rings. The van der Waals surface area contributed by atoms with Crippen molar-refractivity contribution in [2.75, 3.05) is 64.8 Å². The Balaban J connectivity index is 1.51. The number of hydrogen-bond donors (Lipinski definition) is 3. The van der Waals surface area contributed by atoms with E-state index in [4.69, 9.17) is 14.2 Å². The molecule has 0 aromatic heterocycles. The van der Waals surface area contributed by atoms with Gasteiger partial charge in [0.05, 0.1) is 25.6 Å². The van der Waals surface area contributed by atoms with E-state index >= 15 is 0 Å². The van der Waals surface area contributed by atoms with Gasteiger partial charge in [-0.25, -0.2) is 4.79 Å². The molecule has 3 N–H and O–H groups in total. The maximum Gasteiger partial charge on any atom is 0.321 e. The number of nitrogens with one attached hydrogen (secondary N) is 2. The summed E-state index contributed by atoms with van der Waals surface area (Å²) >= 11 is 0. The van der Waals surface area contributed by atoms with E-state index in [1.807, 2.05) is 25.9 Å². The molecular weight excluding hydrogens is 554 g/mol. The number of carbonyl (C=O) groups excluding carboxylic acids is 3. The molecule has 0 saturated carbocycles. The predicted octanol–water partition coefficient (Wildman–Crippen LogP) is 3.01. The number of fused-ring (bicyclic) bond motifs is 2. The van der Waals surface area contributed by atoms with Crippen LogP contribution in [0.1, 0.15) is 32.3 Å². The van der Waals surface area contributed by atoms with E-state index in [1.165, 1.54) is 4.90 Å². The molecule has 2 aromatic carbocycles. The van der Waals surface area contributed by atoms with E-state index in [0.29, 0.717) is 47.2 Å². The van der Waals surface area contributed by atoms with Crippen LogP contribution in [0.3, 0.4) is 0 Å². The van der Waals surface area contributed by atoms with Crippen LogP contribution in [-0.4, -0.2) is 104 Å². The van der Waals surface area contributed by atoms with E-state index in [1.54, 1.807) is 55.3 Å². The van der Waals surface area contributed by atoms with Crippen LogP contribution in [0, 0.1) is 5.92 Å². The van der Waals surface area contributed by atoms with Crippen LogP contribution in [0.2, 0.25) is 0 Å². The Bertz CT molecular complexity index is 1300. The van der Waals surface area contributed by atoms with Crippen molar-refractivity contribution < 1.29 is 33.7 Å². The number of ether oxygens (including phenoxy) is 3. The van der Waals surface area contributed by atoms with Crippen LogP contribution < -0.4 is 24.8 Å². The van der Waals surface area contributed by atoms with Crippen molar-refractivity contribution in [1.29, 1.82) is 0 Å². The summed E-state index contributed by atoms with van der Waals surface area (Å²) in [5.41, 5.74) is 1.77. The summed E-state index contributed by atoms with van der Waals surface area (Å²) in [7, 11) is 5.61. The zero-order valence-electron chi connectivity index (χ0n) is 25.6. The predicted molar refractivity (Wildman–Crippen MR) is 163 cm³/mol. The van der Waals surface area contributed by atoms with Crippen molar-refractivity contribution in [3.8, 4) is 17.2 Å². The molecule has 43 heavy (non-hydrogen) atoms. The molecule has 0 spiro atoms. The summed E-state index contributed by atoms with van der Waals surface area (Å²) in [6.07, 6.45) is 0.683. The van der Waals surface area contributed by atoms with Gasteiger partial charge in [-0.3, -0.25) is 9.59 Å². The topological polar surface area (TPSA) is 133 Å². The average Bonchev–Trinajstić information content (AvgIpc) is 3.44. The van der Waals surface area contributed by atoms with Crippen LogP contribution in [0.25, 0.3) is 0 Å². The highest BCUT2D eigenvalue weighted by molar-refractivity contribution is 5.91. The number of carbonyl (C=O) groups is 3. The average molecular weight is 598 g/mol. The molecule has 3 atom stereocenters. The third-order valence-electron chi connectivity index (χ3n) is 7.63. The van der Waals surface area contributed by atoms with E-state index in [2.05, 4.69) is 10.6 Å². The summed E-state index contributed by atoms with van der Waals surface area (Å²) in [6, 6.07) is 9.75. The number of rotatable bonds is 10. The molecule has 12 nitrogen and oxygen atoms in total. The first-order chi connectivity index (χ1) is 20.5. The third kappa shape index (κ3) is 8.51. The molecule has 0 bridgehead atoms. The molecule has 0 saturated heterocycles. The zero-order valence-corrected chi connectivity index (χ0v) is 25.6. The van der Waals surface area contributed by atoms with Crippen molar-refractivity contribution in [3.63, 3.8) is 0 Å². The maximum atomic E-state index is 13.5. The molecule has 12 heteroatoms. The van der Waals surface area contributed by atoms with Crippen LogP contribution in [0.4, 0.5) is 16.2 Å². The van der Waals surface area contributed by atoms with Gasteiger partial charge in [0, 0.05) is 48.9 Å². The lowest BCUT2D eigenvalue weighted by atomic mass is 10.0. The molecule has 0 aliphatic carbocycles. The van der Waals surface area contributed by atoms with Crippen LogP contribution in [0.15, 0.2) is 36.4 Å². The molecule has 0 fully saturated rings. The van der Waals surface area contributed by atoms with E-state index in [-0.39, 0.29) is 50.1 Å². The summed E-state index contributed by atoms with van der Waals surface area (Å²) < 4.78 is 17.3. The Labute approximate surface area is 252 Å². The summed E-state index contributed by atoms with van der Waals surface area (Å²) in [5.74, 6) is 1.27. The molecule has 2 aliphatic heterocycles. The monoisotopic (exact) mass is 597 g/mol. The molecule has 2 heterocycles. The van der Waals surface area contributed by atoms with Crippen LogP contribution in [-0.2, 0) is 16.0 Å². The molecule has 0 radical (unpaired) electrons. The minimum atomic E-state index is -0.475. The number of urea groups is 1. The van der Waals surface area contributed by atoms with Gasteiger partial charge in [-0.2, -0.15) is 0 Å². The standard InChI is InChI=1S/C31H43N5O7/c1-20-16-36(21(2)18-37)30(39)14-22-13-23(32-29(38)7-6-12-34(3)4)8-10-25(22)43-28(20)17-35(5)31(40)33-24-9-11-26-27(15-24)42-19-41-26/h8-11,13,15,20-21,28,37H,6-7,12,14,16-19H2,1-5H3,(H,32,38)(H,33,40)/t20-,21-,28+/m0/s1. The van der Waals surface area contributed by atoms with Gasteiger partial charge in [-0.1, -0.05) is 6.92 Å². The lowest BCUT2D eigenvalue weighted by Crippen LogP contribution is -2.48. The van der Waals surface area contributed by atoms with Crippen LogP contribution in [0.5, 0.6) is 17.2 Å². The zero-order chi connectivity index (χ0) is 31.1. The lowest BCUT2D eigenvalue weighted by Gasteiger charge is -2.34. The van der Waals surface area contributed by atoms with Crippen LogP contribution >= 0.6 is 0 Å². The summed E-state index contributed by atoms with van der Waals surface area (Å²) in [5, 5.41) is 15.7. The second-order valence-corrected chi connectivity index (χ2v) is 11.5. The first-order valence-corrected chi connectivity index (χ1v) is 14.6. The SMILES string of the molecule is C[C@H]1CN([C@@H](C)CO)C(=O)Cc2cc(NC(=O)CCCN(C)C)ccc2O[C@@H]1CN(C)C(=O)Nc1ccc2c(c1)OCO2. The quantitative estimate of drug-likeness (QED) is 0.381. The molecule has 234 valence electrons. The molecule has 4 rings (SSSR count). The maximum absolute atomic E-state index is 13.5. The number of aliphatic hydroxyl groups is 1. The largest absolute Gasteiger partial charge is 0.488 e. The number of aliphatic hydroxyl groups excluding tert-OH is 1. The highest BCUT2D eigenvalue weighted by atomic mass is 16.7. The lowest BCUT2D eigenvalue weighted by molar-refractivity contribution is -0.134. The van der Waals surface area contributed by atoms with Crippen molar-refractivity contribution >= 4 is 29.2 Å². The number of likely N-dealkylation sites (N-methyl/N-ethyl adjacent to an activating group) is 1. The number of nitrogens with zero attached hydrogens (tertiary/aromatic N) is 3. The second kappa shape index (κ2) is 14.4. The number of benzene rings is 2. The molecule has 2 aliphatic rings. The van der Waals surface area contributed by atoms with Gasteiger partial charge in [-0.15, -0.1) is 0 Å². The smallest absolute Gasteiger partial charge is 0.321 e. The van der Waals surface area contributed by atoms with E-state index in [9.17, 15) is 19.5 Å². The van der Waals surface area contributed by atoms with Gasteiger partial charge in [0.25, 0.3) is 0 Å². The minimum Gasteiger partial charge on any atom is -0.488 e. The van der Waals surface area contributed by atoms with Gasteiger partial charge >= 0.3 is 6.03 Å². The number of anilines is 2. The van der Waals surface area contributed by atoms with Gasteiger partial charge in [-0.05, 0) is 64.3 Å². The molecule has 0 unspecified atom stereocenters. The fourth-order valence-electron chi connectivity index (χ4n) is 5.05. The minimum absolute atomic E-state index is 0.0455. The van der Waals surface area contributed by atoms with Gasteiger partial charge in [0.15, 0.2) is 11.5 Å². The van der Waals surface area contributed by atoms with E-state index < -0.39 is 12.1 Å². The van der Waals surface area contributed by atoms with Gasteiger partial charge < -0.3 is 44.7 Å². The first kappa shape index (κ1) is 31.9. The highest BCUT2D eigenvalue weighted by Crippen LogP contribution is 2.34. The Morgan fingerprint density at radius 1 is 1.05 bits per heavy atom. The number of hydrogen-bond acceptors (Lipinski definition) is 8. The van der Waals surface area contributed by atoms with Crippen molar-refractivity contribution in [2.24, 2.45) is 5.92 Å². The normalized spacial score (nSPS) is 18.6. The van der Waals surface area contributed by atoms with Crippen molar-refractivity contribution in [1.82, 2.24) is 14.7 Å². The fourth-order valence-corrected chi connectivity index (χ4v) is 5.05. The fraction of sp³-hybridized carbons (Fsp3) is 0.516. The number of amides is 4. The highest BCUT2D eigenvalue weighted by Gasteiger charge is 2.32. The summed E-state index contributed by atoms with van der Waals surface area (Å²) in [6.45, 7) is 5.10. The second-order valence-electron chi connectivity index (χ2n) is 11.5. The Morgan fingerprint density at radius 2 is 1.74 bits per heavy atom. The Morgan fingerprint density at radius 3 is 2.47 bits per heavy atom.